The standard InChI is InChI=1S/C23H33N3O6/c1-23(2,3)32-21(29)24-19-13-25(22(30)31-15-16-7-5-4-6-8-16)12-11-17-9-10-18(14-27)26(17)20(19)28/h4-8,17-19,27H,9-15H2,1-3H3,(H,24,29)/t17-,18+,19+/m1/s1. The Morgan fingerprint density at radius 3 is 2.53 bits per heavy atom. The zero-order valence-electron chi connectivity index (χ0n) is 19.0. The number of hydrogen-bond acceptors (Lipinski definition) is 6. The number of ether oxygens (including phenoxy) is 2. The van der Waals surface area contributed by atoms with Crippen molar-refractivity contribution in [3.63, 3.8) is 0 Å². The molecule has 0 saturated carbocycles. The van der Waals surface area contributed by atoms with E-state index in [-0.39, 0.29) is 37.7 Å². The molecule has 0 aliphatic carbocycles. The summed E-state index contributed by atoms with van der Waals surface area (Å²) in [7, 11) is 0. The van der Waals surface area contributed by atoms with Crippen LogP contribution >= 0.6 is 0 Å². The fraction of sp³-hybridized carbons (Fsp3) is 0.609. The van der Waals surface area contributed by atoms with Gasteiger partial charge in [0.15, 0.2) is 0 Å². The summed E-state index contributed by atoms with van der Waals surface area (Å²) < 4.78 is 10.8. The maximum Gasteiger partial charge on any atom is 0.410 e. The summed E-state index contributed by atoms with van der Waals surface area (Å²) in [4.78, 5) is 41.7. The molecule has 1 aromatic carbocycles. The topological polar surface area (TPSA) is 108 Å². The van der Waals surface area contributed by atoms with Gasteiger partial charge in [0.05, 0.1) is 19.2 Å². The highest BCUT2D eigenvalue weighted by Crippen LogP contribution is 2.29. The number of aliphatic hydroxyl groups is 1. The van der Waals surface area contributed by atoms with Gasteiger partial charge in [-0.15, -0.1) is 0 Å². The molecule has 0 radical (unpaired) electrons. The first-order valence-corrected chi connectivity index (χ1v) is 11.1. The Bertz CT molecular complexity index is 810. The largest absolute Gasteiger partial charge is 0.445 e. The van der Waals surface area contributed by atoms with E-state index in [4.69, 9.17) is 9.47 Å². The summed E-state index contributed by atoms with van der Waals surface area (Å²) in [5.74, 6) is -0.321. The highest BCUT2D eigenvalue weighted by Gasteiger charge is 2.43. The van der Waals surface area contributed by atoms with Crippen LogP contribution in [0.4, 0.5) is 9.59 Å². The third kappa shape index (κ3) is 6.12. The van der Waals surface area contributed by atoms with E-state index >= 15 is 0 Å². The van der Waals surface area contributed by atoms with Crippen molar-refractivity contribution in [3.05, 3.63) is 35.9 Å². The molecule has 9 heteroatoms. The molecule has 1 aromatic rings. The fourth-order valence-corrected chi connectivity index (χ4v) is 4.19. The van der Waals surface area contributed by atoms with E-state index in [9.17, 15) is 19.5 Å². The quantitative estimate of drug-likeness (QED) is 0.733. The summed E-state index contributed by atoms with van der Waals surface area (Å²) in [5, 5.41) is 12.4. The highest BCUT2D eigenvalue weighted by molar-refractivity contribution is 5.87. The number of rotatable bonds is 4. The number of alkyl carbamates (subject to hydrolysis) is 1. The Kier molecular flexibility index (Phi) is 7.60. The number of nitrogens with zero attached hydrogens (tertiary/aromatic N) is 2. The molecule has 2 saturated heterocycles. The maximum atomic E-state index is 13.4. The number of hydrogen-bond donors (Lipinski definition) is 2. The van der Waals surface area contributed by atoms with Crippen molar-refractivity contribution < 1.29 is 29.0 Å². The van der Waals surface area contributed by atoms with Crippen molar-refractivity contribution in [1.82, 2.24) is 15.1 Å². The molecule has 0 spiro atoms. The first kappa shape index (κ1) is 23.8. The summed E-state index contributed by atoms with van der Waals surface area (Å²) >= 11 is 0. The molecule has 3 atom stereocenters. The van der Waals surface area contributed by atoms with Gasteiger partial charge < -0.3 is 29.7 Å². The molecule has 0 aromatic heterocycles. The second kappa shape index (κ2) is 10.2. The summed E-state index contributed by atoms with van der Waals surface area (Å²) in [5.41, 5.74) is 0.132. The third-order valence-electron chi connectivity index (χ3n) is 5.67. The van der Waals surface area contributed by atoms with Crippen LogP contribution < -0.4 is 5.32 Å². The van der Waals surface area contributed by atoms with E-state index in [1.54, 1.807) is 25.7 Å². The van der Waals surface area contributed by atoms with E-state index in [2.05, 4.69) is 5.32 Å². The van der Waals surface area contributed by atoms with Crippen LogP contribution in [0.1, 0.15) is 45.6 Å². The van der Waals surface area contributed by atoms with Crippen LogP contribution in [0.5, 0.6) is 0 Å². The molecule has 2 N–H and O–H groups in total. The SMILES string of the molecule is CC(C)(C)OC(=O)N[C@H]1CN(C(=O)OCc2ccccc2)CC[C@H]2CC[C@@H](CO)N2C1=O. The van der Waals surface area contributed by atoms with Gasteiger partial charge in [-0.2, -0.15) is 0 Å². The van der Waals surface area contributed by atoms with Crippen LogP contribution in [-0.4, -0.2) is 76.4 Å². The molecule has 3 amide bonds. The number of carbonyl (C=O) groups is 3. The molecular formula is C23H33N3O6. The van der Waals surface area contributed by atoms with Gasteiger partial charge in [-0.3, -0.25) is 4.79 Å². The Morgan fingerprint density at radius 2 is 1.88 bits per heavy atom. The number of fused-ring (bicyclic) bond motifs is 1. The molecule has 0 bridgehead atoms. The summed E-state index contributed by atoms with van der Waals surface area (Å²) in [6.07, 6.45) is 0.739. The highest BCUT2D eigenvalue weighted by atomic mass is 16.6. The van der Waals surface area contributed by atoms with E-state index in [0.29, 0.717) is 19.4 Å². The Hall–Kier alpha value is -2.81. The van der Waals surface area contributed by atoms with Gasteiger partial charge in [0.2, 0.25) is 5.91 Å². The smallest absolute Gasteiger partial charge is 0.410 e. The molecular weight excluding hydrogens is 414 g/mol. The van der Waals surface area contributed by atoms with Crippen molar-refractivity contribution in [2.75, 3.05) is 19.7 Å². The number of carbonyl (C=O) groups excluding carboxylic acids is 3. The second-order valence-electron chi connectivity index (χ2n) is 9.29. The molecule has 3 rings (SSSR count). The van der Waals surface area contributed by atoms with Crippen molar-refractivity contribution in [3.8, 4) is 0 Å². The monoisotopic (exact) mass is 447 g/mol. The van der Waals surface area contributed by atoms with Gasteiger partial charge in [0.1, 0.15) is 18.2 Å². The lowest BCUT2D eigenvalue weighted by Gasteiger charge is -2.38. The van der Waals surface area contributed by atoms with E-state index in [0.717, 1.165) is 12.0 Å². The molecule has 2 heterocycles. The van der Waals surface area contributed by atoms with Gasteiger partial charge in [-0.25, -0.2) is 9.59 Å². The molecule has 176 valence electrons. The molecule has 2 aliphatic heterocycles. The van der Waals surface area contributed by atoms with Crippen LogP contribution in [0, 0.1) is 0 Å². The molecule has 2 aliphatic rings. The van der Waals surface area contributed by atoms with E-state index in [1.807, 2.05) is 30.3 Å². The number of nitrogens with one attached hydrogen (secondary N) is 1. The predicted molar refractivity (Wildman–Crippen MR) is 117 cm³/mol. The third-order valence-corrected chi connectivity index (χ3v) is 5.67. The van der Waals surface area contributed by atoms with Crippen molar-refractivity contribution in [2.45, 2.75) is 70.4 Å². The Morgan fingerprint density at radius 1 is 1.16 bits per heavy atom. The summed E-state index contributed by atoms with van der Waals surface area (Å²) in [6.45, 7) is 5.54. The maximum absolute atomic E-state index is 13.4. The predicted octanol–water partition coefficient (Wildman–Crippen LogP) is 2.27. The van der Waals surface area contributed by atoms with E-state index in [1.165, 1.54) is 4.90 Å². The number of benzene rings is 1. The van der Waals surface area contributed by atoms with Gasteiger partial charge in [0, 0.05) is 12.6 Å². The molecule has 0 unspecified atom stereocenters. The van der Waals surface area contributed by atoms with Crippen LogP contribution in [-0.2, 0) is 20.9 Å². The molecule has 32 heavy (non-hydrogen) atoms. The van der Waals surface area contributed by atoms with Gasteiger partial charge in [-0.1, -0.05) is 30.3 Å². The van der Waals surface area contributed by atoms with Crippen LogP contribution in [0.2, 0.25) is 0 Å². The Labute approximate surface area is 188 Å². The lowest BCUT2D eigenvalue weighted by Crippen LogP contribution is -2.60. The normalized spacial score (nSPS) is 23.8. The number of aliphatic hydroxyl groups excluding tert-OH is 1. The van der Waals surface area contributed by atoms with Crippen molar-refractivity contribution >= 4 is 18.1 Å². The van der Waals surface area contributed by atoms with Gasteiger partial charge in [0.25, 0.3) is 0 Å². The molecule has 2 fully saturated rings. The van der Waals surface area contributed by atoms with Crippen LogP contribution in [0.25, 0.3) is 0 Å². The lowest BCUT2D eigenvalue weighted by molar-refractivity contribution is -0.138. The van der Waals surface area contributed by atoms with Crippen molar-refractivity contribution in [1.29, 1.82) is 0 Å². The minimum absolute atomic E-state index is 0.0347. The zero-order chi connectivity index (χ0) is 23.3. The zero-order valence-corrected chi connectivity index (χ0v) is 19.0. The summed E-state index contributed by atoms with van der Waals surface area (Å²) in [6, 6.07) is 7.96. The van der Waals surface area contributed by atoms with E-state index < -0.39 is 23.8 Å². The number of amides is 3. The van der Waals surface area contributed by atoms with Gasteiger partial charge in [-0.05, 0) is 45.6 Å². The lowest BCUT2D eigenvalue weighted by atomic mass is 10.1. The second-order valence-corrected chi connectivity index (χ2v) is 9.29. The average molecular weight is 448 g/mol. The first-order valence-electron chi connectivity index (χ1n) is 11.1. The fourth-order valence-electron chi connectivity index (χ4n) is 4.19. The minimum Gasteiger partial charge on any atom is -0.445 e. The average Bonchev–Trinajstić information content (AvgIpc) is 3.14. The van der Waals surface area contributed by atoms with Crippen LogP contribution in [0.15, 0.2) is 30.3 Å². The minimum atomic E-state index is -0.996. The molecule has 9 nitrogen and oxygen atoms in total. The van der Waals surface area contributed by atoms with Crippen molar-refractivity contribution in [2.24, 2.45) is 0 Å². The van der Waals surface area contributed by atoms with Gasteiger partial charge >= 0.3 is 12.2 Å². The van der Waals surface area contributed by atoms with Crippen LogP contribution in [0.3, 0.4) is 0 Å². The first-order chi connectivity index (χ1) is 15.2. The Balaban J connectivity index is 1.74.